The minimum atomic E-state index is -3.25. The monoisotopic (exact) mass is 319 g/mol. The minimum absolute atomic E-state index is 0.203. The van der Waals surface area contributed by atoms with Crippen molar-refractivity contribution in [3.63, 3.8) is 0 Å². The molecule has 0 radical (unpaired) electrons. The first-order valence-electron chi connectivity index (χ1n) is 6.55. The van der Waals surface area contributed by atoms with Gasteiger partial charge in [-0.25, -0.2) is 8.42 Å². The van der Waals surface area contributed by atoms with E-state index in [2.05, 4.69) is 0 Å². The summed E-state index contributed by atoms with van der Waals surface area (Å²) in [7, 11) is -0.0716. The molecule has 1 amide bonds. The van der Waals surface area contributed by atoms with E-state index in [4.69, 9.17) is 4.74 Å². The molecule has 0 aliphatic carbocycles. The van der Waals surface area contributed by atoms with Crippen molar-refractivity contribution in [2.75, 3.05) is 25.3 Å². The average molecular weight is 319 g/mol. The van der Waals surface area contributed by atoms with Crippen molar-refractivity contribution >= 4 is 21.4 Å². The molecule has 0 N–H and O–H groups in total. The number of carbonyl (C=O) groups is 1. The second kappa shape index (κ2) is 6.19. The summed E-state index contributed by atoms with van der Waals surface area (Å²) in [4.78, 5) is 14.1. The molecule has 0 saturated carbocycles. The predicted octanol–water partition coefficient (Wildman–Crippen LogP) is 2.38. The largest absolute Gasteiger partial charge is 0.497 e. The lowest BCUT2D eigenvalue weighted by molar-refractivity contribution is 0.0992. The van der Waals surface area contributed by atoms with Crippen LogP contribution < -0.4 is 9.64 Å². The fraction of sp³-hybridized carbons (Fsp3) is 0.188. The number of nitrogens with zero attached hydrogens (tertiary/aromatic N) is 1. The Balaban J connectivity index is 2.27. The van der Waals surface area contributed by atoms with Crippen LogP contribution in [0.3, 0.4) is 0 Å². The average Bonchev–Trinajstić information content (AvgIpc) is 2.53. The van der Waals surface area contributed by atoms with Gasteiger partial charge in [-0.05, 0) is 42.5 Å². The van der Waals surface area contributed by atoms with Crippen molar-refractivity contribution in [2.45, 2.75) is 4.90 Å². The molecular formula is C16H17NO4S. The standard InChI is InChI=1S/C16H17NO4S/c1-17(13-7-9-15(10-8-13)22(3,19)20)16(18)12-5-4-6-14(11-12)21-2/h4-11H,1-3H3. The minimum Gasteiger partial charge on any atom is -0.497 e. The van der Waals surface area contributed by atoms with Gasteiger partial charge in [0, 0.05) is 24.6 Å². The van der Waals surface area contributed by atoms with E-state index < -0.39 is 9.84 Å². The fourth-order valence-corrected chi connectivity index (χ4v) is 2.61. The number of anilines is 1. The van der Waals surface area contributed by atoms with E-state index in [1.165, 1.54) is 24.1 Å². The third-order valence-electron chi connectivity index (χ3n) is 3.27. The molecule has 6 heteroatoms. The van der Waals surface area contributed by atoms with E-state index in [-0.39, 0.29) is 10.8 Å². The molecule has 2 aromatic carbocycles. The summed E-state index contributed by atoms with van der Waals surface area (Å²) in [6.07, 6.45) is 1.15. The number of hydrogen-bond donors (Lipinski definition) is 0. The summed E-state index contributed by atoms with van der Waals surface area (Å²) in [6.45, 7) is 0. The van der Waals surface area contributed by atoms with Gasteiger partial charge >= 0.3 is 0 Å². The molecular weight excluding hydrogens is 302 g/mol. The van der Waals surface area contributed by atoms with Crippen LogP contribution in [-0.2, 0) is 9.84 Å². The van der Waals surface area contributed by atoms with Crippen molar-refractivity contribution in [3.05, 3.63) is 54.1 Å². The zero-order valence-corrected chi connectivity index (χ0v) is 13.4. The number of methoxy groups -OCH3 is 1. The van der Waals surface area contributed by atoms with Gasteiger partial charge in [0.1, 0.15) is 5.75 Å². The Labute approximate surface area is 130 Å². The van der Waals surface area contributed by atoms with Crippen molar-refractivity contribution in [1.82, 2.24) is 0 Å². The van der Waals surface area contributed by atoms with Crippen LogP contribution in [-0.4, -0.2) is 34.7 Å². The van der Waals surface area contributed by atoms with E-state index in [1.807, 2.05) is 0 Å². The maximum Gasteiger partial charge on any atom is 0.258 e. The van der Waals surface area contributed by atoms with E-state index in [0.29, 0.717) is 17.0 Å². The van der Waals surface area contributed by atoms with Crippen molar-refractivity contribution < 1.29 is 17.9 Å². The summed E-state index contributed by atoms with van der Waals surface area (Å²) in [6, 6.07) is 13.0. The summed E-state index contributed by atoms with van der Waals surface area (Å²) >= 11 is 0. The van der Waals surface area contributed by atoms with Crippen molar-refractivity contribution in [1.29, 1.82) is 0 Å². The van der Waals surface area contributed by atoms with Gasteiger partial charge in [-0.2, -0.15) is 0 Å². The van der Waals surface area contributed by atoms with Crippen LogP contribution in [0.4, 0.5) is 5.69 Å². The summed E-state index contributed by atoms with van der Waals surface area (Å²) < 4.78 is 28.0. The molecule has 0 atom stereocenters. The Morgan fingerprint density at radius 3 is 2.27 bits per heavy atom. The van der Waals surface area contributed by atoms with E-state index in [0.717, 1.165) is 6.26 Å². The molecule has 0 aromatic heterocycles. The van der Waals surface area contributed by atoms with Crippen LogP contribution in [0.5, 0.6) is 5.75 Å². The number of benzene rings is 2. The second-order valence-electron chi connectivity index (χ2n) is 4.86. The summed E-state index contributed by atoms with van der Waals surface area (Å²) in [5.74, 6) is 0.401. The number of rotatable bonds is 4. The zero-order chi connectivity index (χ0) is 16.3. The Hall–Kier alpha value is -2.34. The van der Waals surface area contributed by atoms with Gasteiger partial charge in [0.15, 0.2) is 9.84 Å². The highest BCUT2D eigenvalue weighted by Crippen LogP contribution is 2.20. The third kappa shape index (κ3) is 3.46. The number of hydrogen-bond acceptors (Lipinski definition) is 4. The quantitative estimate of drug-likeness (QED) is 0.868. The summed E-state index contributed by atoms with van der Waals surface area (Å²) in [5, 5.41) is 0. The number of carbonyl (C=O) groups excluding carboxylic acids is 1. The van der Waals surface area contributed by atoms with Gasteiger partial charge < -0.3 is 9.64 Å². The van der Waals surface area contributed by atoms with Crippen LogP contribution >= 0.6 is 0 Å². The zero-order valence-electron chi connectivity index (χ0n) is 12.6. The highest BCUT2D eigenvalue weighted by atomic mass is 32.2. The molecule has 0 aliphatic rings. The number of sulfone groups is 1. The number of ether oxygens (including phenoxy) is 1. The maximum atomic E-state index is 12.4. The predicted molar refractivity (Wildman–Crippen MR) is 85.3 cm³/mol. The van der Waals surface area contributed by atoms with Gasteiger partial charge in [0.25, 0.3) is 5.91 Å². The second-order valence-corrected chi connectivity index (χ2v) is 6.88. The fourth-order valence-electron chi connectivity index (χ4n) is 1.98. The van der Waals surface area contributed by atoms with Crippen LogP contribution in [0, 0.1) is 0 Å². The first-order valence-corrected chi connectivity index (χ1v) is 8.44. The Morgan fingerprint density at radius 2 is 1.73 bits per heavy atom. The molecule has 5 nitrogen and oxygen atoms in total. The SMILES string of the molecule is COc1cccc(C(=O)N(C)c2ccc(S(C)(=O)=O)cc2)c1. The summed E-state index contributed by atoms with van der Waals surface area (Å²) in [5.41, 5.74) is 1.11. The molecule has 0 unspecified atom stereocenters. The Kier molecular flexibility index (Phi) is 4.51. The van der Waals surface area contributed by atoms with Crippen molar-refractivity contribution in [3.8, 4) is 5.75 Å². The topological polar surface area (TPSA) is 63.7 Å². The molecule has 0 bridgehead atoms. The van der Waals surface area contributed by atoms with Crippen LogP contribution in [0.15, 0.2) is 53.4 Å². The molecule has 116 valence electrons. The van der Waals surface area contributed by atoms with Gasteiger partial charge in [-0.15, -0.1) is 0 Å². The lowest BCUT2D eigenvalue weighted by Gasteiger charge is -2.18. The van der Waals surface area contributed by atoms with Crippen LogP contribution in [0.2, 0.25) is 0 Å². The van der Waals surface area contributed by atoms with Gasteiger partial charge in [0.05, 0.1) is 12.0 Å². The molecule has 0 fully saturated rings. The van der Waals surface area contributed by atoms with E-state index in [9.17, 15) is 13.2 Å². The maximum absolute atomic E-state index is 12.4. The molecule has 0 aliphatic heterocycles. The number of amides is 1. The Morgan fingerprint density at radius 1 is 1.09 bits per heavy atom. The van der Waals surface area contributed by atoms with Crippen LogP contribution in [0.1, 0.15) is 10.4 Å². The lowest BCUT2D eigenvalue weighted by Crippen LogP contribution is -2.26. The smallest absolute Gasteiger partial charge is 0.258 e. The van der Waals surface area contributed by atoms with Crippen molar-refractivity contribution in [2.24, 2.45) is 0 Å². The van der Waals surface area contributed by atoms with Crippen LogP contribution in [0.25, 0.3) is 0 Å². The van der Waals surface area contributed by atoms with E-state index >= 15 is 0 Å². The molecule has 22 heavy (non-hydrogen) atoms. The normalized spacial score (nSPS) is 11.0. The highest BCUT2D eigenvalue weighted by Gasteiger charge is 2.15. The highest BCUT2D eigenvalue weighted by molar-refractivity contribution is 7.90. The molecule has 0 spiro atoms. The molecule has 2 rings (SSSR count). The van der Waals surface area contributed by atoms with Gasteiger partial charge in [0.2, 0.25) is 0 Å². The van der Waals surface area contributed by atoms with E-state index in [1.54, 1.807) is 43.4 Å². The third-order valence-corrected chi connectivity index (χ3v) is 4.40. The lowest BCUT2D eigenvalue weighted by atomic mass is 10.2. The Bertz CT molecular complexity index is 782. The molecule has 0 saturated heterocycles. The van der Waals surface area contributed by atoms with Gasteiger partial charge in [-0.3, -0.25) is 4.79 Å². The first-order chi connectivity index (χ1) is 10.3. The molecule has 0 heterocycles. The van der Waals surface area contributed by atoms with Gasteiger partial charge in [-0.1, -0.05) is 6.07 Å². The molecule has 2 aromatic rings. The first kappa shape index (κ1) is 16.0.